The zero-order chi connectivity index (χ0) is 17.5. The molecule has 25 heavy (non-hydrogen) atoms. The molecule has 0 unspecified atom stereocenters. The van der Waals surface area contributed by atoms with Crippen molar-refractivity contribution in [2.24, 2.45) is 0 Å². The Morgan fingerprint density at radius 1 is 1.28 bits per heavy atom. The number of carbonyl (C=O) groups is 1. The summed E-state index contributed by atoms with van der Waals surface area (Å²) in [5.41, 5.74) is 0.801. The minimum absolute atomic E-state index is 0.0662. The Morgan fingerprint density at radius 3 is 3.00 bits per heavy atom. The molecule has 2 aromatic heterocycles. The Labute approximate surface area is 157 Å². The van der Waals surface area contributed by atoms with Gasteiger partial charge >= 0.3 is 0 Å². The monoisotopic (exact) mass is 392 g/mol. The number of rotatable bonds is 8. The topological polar surface area (TPSA) is 80.0 Å². The molecule has 0 radical (unpaired) electrons. The second kappa shape index (κ2) is 8.93. The molecule has 0 fully saturated rings. The molecule has 0 bridgehead atoms. The van der Waals surface area contributed by atoms with E-state index in [1.807, 2.05) is 42.7 Å². The van der Waals surface area contributed by atoms with Gasteiger partial charge in [0.1, 0.15) is 5.76 Å². The van der Waals surface area contributed by atoms with Crippen molar-refractivity contribution in [2.45, 2.75) is 15.8 Å². The van der Waals surface area contributed by atoms with Crippen LogP contribution < -0.4 is 10.6 Å². The number of hydrogen-bond donors (Lipinski definition) is 2. The average molecular weight is 393 g/mol. The normalized spacial score (nSPS) is 10.6. The molecule has 1 aromatic carbocycles. The highest BCUT2D eigenvalue weighted by molar-refractivity contribution is 8.01. The molecule has 2 N–H and O–H groups in total. The van der Waals surface area contributed by atoms with Gasteiger partial charge in [-0.3, -0.25) is 4.79 Å². The summed E-state index contributed by atoms with van der Waals surface area (Å²) in [5.74, 6) is 1.05. The molecule has 1 amide bonds. The lowest BCUT2D eigenvalue weighted by Gasteiger charge is -2.05. The number of anilines is 2. The van der Waals surface area contributed by atoms with Gasteiger partial charge < -0.3 is 15.1 Å². The maximum Gasteiger partial charge on any atom is 0.234 e. The summed E-state index contributed by atoms with van der Waals surface area (Å²) in [4.78, 5) is 13.2. The fourth-order valence-corrected chi connectivity index (χ4v) is 3.95. The van der Waals surface area contributed by atoms with Crippen LogP contribution in [0.1, 0.15) is 5.76 Å². The van der Waals surface area contributed by atoms with Crippen LogP contribution in [0.2, 0.25) is 0 Å². The first kappa shape index (κ1) is 17.8. The summed E-state index contributed by atoms with van der Waals surface area (Å²) in [6, 6.07) is 11.5. The fraction of sp³-hybridized carbons (Fsp3) is 0.188. The van der Waals surface area contributed by atoms with Crippen LogP contribution in [0.5, 0.6) is 0 Å². The molecule has 3 aromatic rings. The zero-order valence-corrected chi connectivity index (χ0v) is 15.8. The van der Waals surface area contributed by atoms with Crippen LogP contribution in [0, 0.1) is 0 Å². The van der Waals surface area contributed by atoms with Gasteiger partial charge in [0.25, 0.3) is 0 Å². The first-order valence-electron chi connectivity index (χ1n) is 7.39. The Morgan fingerprint density at radius 2 is 2.20 bits per heavy atom. The molecule has 0 spiro atoms. The van der Waals surface area contributed by atoms with Crippen LogP contribution in [-0.4, -0.2) is 28.1 Å². The van der Waals surface area contributed by atoms with Gasteiger partial charge in [0, 0.05) is 10.6 Å². The number of benzene rings is 1. The standard InChI is InChI=1S/C16H16N4O2S3/c1-23-13-6-2-4-11(8-13)18-14(21)10-24-16-20-19-15(25-16)17-9-12-5-3-7-22-12/h2-8H,9-10H2,1H3,(H,17,19)(H,18,21). The number of nitrogens with zero attached hydrogens (tertiary/aromatic N) is 2. The van der Waals surface area contributed by atoms with Gasteiger partial charge in [0.05, 0.1) is 18.6 Å². The van der Waals surface area contributed by atoms with E-state index in [0.717, 1.165) is 20.7 Å². The molecule has 2 heterocycles. The van der Waals surface area contributed by atoms with Crippen molar-refractivity contribution in [2.75, 3.05) is 22.6 Å². The fourth-order valence-electron chi connectivity index (χ4n) is 1.94. The molecule has 3 rings (SSSR count). The molecule has 0 atom stereocenters. The van der Waals surface area contributed by atoms with E-state index in [-0.39, 0.29) is 11.7 Å². The van der Waals surface area contributed by atoms with Gasteiger partial charge in [-0.2, -0.15) is 0 Å². The minimum atomic E-state index is -0.0662. The van der Waals surface area contributed by atoms with Crippen LogP contribution in [0.4, 0.5) is 10.8 Å². The van der Waals surface area contributed by atoms with E-state index < -0.39 is 0 Å². The SMILES string of the molecule is CSc1cccc(NC(=O)CSc2nnc(NCc3ccco3)s2)c1. The van der Waals surface area contributed by atoms with E-state index in [4.69, 9.17) is 4.42 Å². The second-order valence-electron chi connectivity index (χ2n) is 4.87. The quantitative estimate of drug-likeness (QED) is 0.556. The number of carbonyl (C=O) groups excluding carboxylic acids is 1. The van der Waals surface area contributed by atoms with Gasteiger partial charge in [-0.1, -0.05) is 29.2 Å². The molecule has 0 saturated carbocycles. The summed E-state index contributed by atoms with van der Waals surface area (Å²) < 4.78 is 5.99. The first-order valence-corrected chi connectivity index (χ1v) is 10.4. The molecule has 0 aliphatic rings. The Balaban J connectivity index is 1.45. The first-order chi connectivity index (χ1) is 12.2. The molecule has 130 valence electrons. The summed E-state index contributed by atoms with van der Waals surface area (Å²) in [6.45, 7) is 0.554. The minimum Gasteiger partial charge on any atom is -0.467 e. The molecule has 6 nitrogen and oxygen atoms in total. The molecule has 0 saturated heterocycles. The molecule has 9 heteroatoms. The van der Waals surface area contributed by atoms with Crippen LogP contribution >= 0.6 is 34.9 Å². The Bertz CT molecular complexity index is 820. The number of thioether (sulfide) groups is 2. The highest BCUT2D eigenvalue weighted by Crippen LogP contribution is 2.26. The Kier molecular flexibility index (Phi) is 6.37. The van der Waals surface area contributed by atoms with Crippen LogP contribution in [0.25, 0.3) is 0 Å². The van der Waals surface area contributed by atoms with Crippen molar-refractivity contribution in [1.82, 2.24) is 10.2 Å². The number of aromatic nitrogens is 2. The highest BCUT2D eigenvalue weighted by atomic mass is 32.2. The van der Waals surface area contributed by atoms with Crippen LogP contribution in [0.15, 0.2) is 56.3 Å². The third-order valence-electron chi connectivity index (χ3n) is 3.08. The van der Waals surface area contributed by atoms with Gasteiger partial charge in [0.15, 0.2) is 4.34 Å². The van der Waals surface area contributed by atoms with E-state index >= 15 is 0 Å². The predicted octanol–water partition coefficient (Wildman–Crippen LogP) is 4.20. The molecule has 0 aliphatic carbocycles. The van der Waals surface area contributed by atoms with Crippen molar-refractivity contribution in [3.05, 3.63) is 48.4 Å². The smallest absolute Gasteiger partial charge is 0.234 e. The molecular weight excluding hydrogens is 376 g/mol. The lowest BCUT2D eigenvalue weighted by atomic mass is 10.3. The van der Waals surface area contributed by atoms with E-state index in [2.05, 4.69) is 20.8 Å². The predicted molar refractivity (Wildman–Crippen MR) is 104 cm³/mol. The van der Waals surface area contributed by atoms with E-state index in [9.17, 15) is 4.79 Å². The molecule has 0 aliphatic heterocycles. The maximum atomic E-state index is 12.1. The summed E-state index contributed by atoms with van der Waals surface area (Å²) in [6.07, 6.45) is 3.63. The van der Waals surface area contributed by atoms with Gasteiger partial charge in [0.2, 0.25) is 11.0 Å². The number of nitrogens with one attached hydrogen (secondary N) is 2. The summed E-state index contributed by atoms with van der Waals surface area (Å²) in [5, 5.41) is 14.9. The van der Waals surface area contributed by atoms with E-state index in [0.29, 0.717) is 11.7 Å². The van der Waals surface area contributed by atoms with Crippen molar-refractivity contribution >= 4 is 51.6 Å². The van der Waals surface area contributed by atoms with Gasteiger partial charge in [-0.25, -0.2) is 0 Å². The maximum absolute atomic E-state index is 12.1. The summed E-state index contributed by atoms with van der Waals surface area (Å²) in [7, 11) is 0. The lowest BCUT2D eigenvalue weighted by molar-refractivity contribution is -0.113. The van der Waals surface area contributed by atoms with Gasteiger partial charge in [-0.05, 0) is 36.6 Å². The highest BCUT2D eigenvalue weighted by Gasteiger charge is 2.09. The summed E-state index contributed by atoms with van der Waals surface area (Å²) >= 11 is 4.42. The van der Waals surface area contributed by atoms with Gasteiger partial charge in [-0.15, -0.1) is 22.0 Å². The number of hydrogen-bond acceptors (Lipinski definition) is 8. The van der Waals surface area contributed by atoms with Crippen molar-refractivity contribution in [3.63, 3.8) is 0 Å². The van der Waals surface area contributed by atoms with Crippen molar-refractivity contribution in [3.8, 4) is 0 Å². The van der Waals surface area contributed by atoms with Crippen LogP contribution in [0.3, 0.4) is 0 Å². The third kappa shape index (κ3) is 5.52. The zero-order valence-electron chi connectivity index (χ0n) is 13.4. The van der Waals surface area contributed by atoms with E-state index in [1.54, 1.807) is 18.0 Å². The van der Waals surface area contributed by atoms with E-state index in [1.165, 1.54) is 23.1 Å². The lowest BCUT2D eigenvalue weighted by Crippen LogP contribution is -2.13. The van der Waals surface area contributed by atoms with Crippen molar-refractivity contribution in [1.29, 1.82) is 0 Å². The number of amides is 1. The van der Waals surface area contributed by atoms with Crippen LogP contribution in [-0.2, 0) is 11.3 Å². The number of furan rings is 1. The second-order valence-corrected chi connectivity index (χ2v) is 7.95. The third-order valence-corrected chi connectivity index (χ3v) is 5.82. The average Bonchev–Trinajstić information content (AvgIpc) is 3.30. The van der Waals surface area contributed by atoms with Crippen molar-refractivity contribution < 1.29 is 9.21 Å². The molecular formula is C16H16N4O2S3. The largest absolute Gasteiger partial charge is 0.467 e. The Hall–Kier alpha value is -1.97.